The van der Waals surface area contributed by atoms with Crippen LogP contribution in [0.2, 0.25) is 0 Å². The van der Waals surface area contributed by atoms with E-state index in [4.69, 9.17) is 0 Å². The molecule has 0 aliphatic carbocycles. The molecule has 0 aliphatic rings. The molecule has 18 heavy (non-hydrogen) atoms. The predicted octanol–water partition coefficient (Wildman–Crippen LogP) is 1.48. The van der Waals surface area contributed by atoms with Gasteiger partial charge in [-0.2, -0.15) is 0 Å². The van der Waals surface area contributed by atoms with Crippen LogP contribution in [0.3, 0.4) is 0 Å². The molecule has 1 aromatic rings. The number of carbonyl (C=O) groups is 1. The number of aromatic nitrogens is 1. The second-order valence-electron chi connectivity index (χ2n) is 4.17. The minimum atomic E-state index is 0.0354. The standard InChI is InChI=1S/C13H22N4O/c1-4-6-16-13(18)10-17(3)12-7-11(15-5-2)8-14-9-12/h7-9,15H,4-6,10H2,1-3H3,(H,16,18). The smallest absolute Gasteiger partial charge is 0.239 e. The minimum absolute atomic E-state index is 0.0354. The molecule has 1 aromatic heterocycles. The maximum atomic E-state index is 11.6. The molecule has 0 bridgehead atoms. The van der Waals surface area contributed by atoms with Gasteiger partial charge >= 0.3 is 0 Å². The van der Waals surface area contributed by atoms with Gasteiger partial charge in [-0.25, -0.2) is 0 Å². The van der Waals surface area contributed by atoms with Gasteiger partial charge in [0.05, 0.1) is 30.3 Å². The van der Waals surface area contributed by atoms with Crippen LogP contribution in [0.15, 0.2) is 18.5 Å². The second kappa shape index (κ2) is 7.53. The lowest BCUT2D eigenvalue weighted by Gasteiger charge is -2.19. The molecule has 2 N–H and O–H groups in total. The number of anilines is 2. The van der Waals surface area contributed by atoms with Gasteiger partial charge in [0, 0.05) is 20.1 Å². The molecule has 0 spiro atoms. The molecule has 0 fully saturated rings. The Labute approximate surface area is 109 Å². The normalized spacial score (nSPS) is 9.94. The van der Waals surface area contributed by atoms with Crippen molar-refractivity contribution in [2.24, 2.45) is 0 Å². The number of nitrogens with zero attached hydrogens (tertiary/aromatic N) is 2. The van der Waals surface area contributed by atoms with E-state index in [0.29, 0.717) is 6.54 Å². The highest BCUT2D eigenvalue weighted by molar-refractivity contribution is 5.81. The second-order valence-corrected chi connectivity index (χ2v) is 4.17. The molecular formula is C13H22N4O. The van der Waals surface area contributed by atoms with Gasteiger partial charge in [0.2, 0.25) is 5.91 Å². The highest BCUT2D eigenvalue weighted by Gasteiger charge is 2.07. The molecule has 0 atom stereocenters. The van der Waals surface area contributed by atoms with Crippen LogP contribution in [0, 0.1) is 0 Å². The van der Waals surface area contributed by atoms with E-state index in [-0.39, 0.29) is 5.91 Å². The van der Waals surface area contributed by atoms with Gasteiger partial charge in [-0.1, -0.05) is 6.92 Å². The summed E-state index contributed by atoms with van der Waals surface area (Å²) in [6.07, 6.45) is 4.48. The average Bonchev–Trinajstić information content (AvgIpc) is 2.37. The van der Waals surface area contributed by atoms with Crippen LogP contribution in [0.1, 0.15) is 20.3 Å². The monoisotopic (exact) mass is 250 g/mol. The molecule has 0 aliphatic heterocycles. The average molecular weight is 250 g/mol. The van der Waals surface area contributed by atoms with E-state index >= 15 is 0 Å². The SMILES string of the molecule is CCCNC(=O)CN(C)c1cncc(NCC)c1. The topological polar surface area (TPSA) is 57.3 Å². The van der Waals surface area contributed by atoms with Gasteiger partial charge < -0.3 is 15.5 Å². The summed E-state index contributed by atoms with van der Waals surface area (Å²) in [5, 5.41) is 6.06. The molecule has 100 valence electrons. The van der Waals surface area contributed by atoms with Crippen LogP contribution in [0.4, 0.5) is 11.4 Å². The van der Waals surface area contributed by atoms with Crippen molar-refractivity contribution in [3.05, 3.63) is 18.5 Å². The lowest BCUT2D eigenvalue weighted by atomic mass is 10.3. The minimum Gasteiger partial charge on any atom is -0.384 e. The summed E-state index contributed by atoms with van der Waals surface area (Å²) in [5.41, 5.74) is 1.90. The zero-order chi connectivity index (χ0) is 13.4. The van der Waals surface area contributed by atoms with Crippen molar-refractivity contribution >= 4 is 17.3 Å². The molecule has 1 amide bonds. The third-order valence-corrected chi connectivity index (χ3v) is 2.50. The molecular weight excluding hydrogens is 228 g/mol. The molecule has 1 heterocycles. The van der Waals surface area contributed by atoms with Crippen LogP contribution in [0.5, 0.6) is 0 Å². The van der Waals surface area contributed by atoms with Crippen LogP contribution < -0.4 is 15.5 Å². The highest BCUT2D eigenvalue weighted by Crippen LogP contribution is 2.15. The lowest BCUT2D eigenvalue weighted by Crippen LogP contribution is -2.35. The number of hydrogen-bond acceptors (Lipinski definition) is 4. The Morgan fingerprint density at radius 2 is 2.17 bits per heavy atom. The van der Waals surface area contributed by atoms with Gasteiger partial charge in [-0.15, -0.1) is 0 Å². The zero-order valence-electron chi connectivity index (χ0n) is 11.4. The number of carbonyl (C=O) groups excluding carboxylic acids is 1. The summed E-state index contributed by atoms with van der Waals surface area (Å²) in [7, 11) is 1.89. The van der Waals surface area contributed by atoms with E-state index in [0.717, 1.165) is 30.9 Å². The molecule has 1 rings (SSSR count). The fraction of sp³-hybridized carbons (Fsp3) is 0.538. The summed E-state index contributed by atoms with van der Waals surface area (Å²) in [5.74, 6) is 0.0354. The Morgan fingerprint density at radius 3 is 2.83 bits per heavy atom. The van der Waals surface area contributed by atoms with Crippen molar-refractivity contribution in [2.75, 3.05) is 36.9 Å². The number of pyridine rings is 1. The molecule has 0 unspecified atom stereocenters. The molecule has 5 heteroatoms. The van der Waals surface area contributed by atoms with Gasteiger partial charge in [0.15, 0.2) is 0 Å². The van der Waals surface area contributed by atoms with Crippen LogP contribution in [0.25, 0.3) is 0 Å². The number of likely N-dealkylation sites (N-methyl/N-ethyl adjacent to an activating group) is 1. The summed E-state index contributed by atoms with van der Waals surface area (Å²) in [6, 6.07) is 1.99. The number of hydrogen-bond donors (Lipinski definition) is 2. The quantitative estimate of drug-likeness (QED) is 0.769. The van der Waals surface area contributed by atoms with Crippen molar-refractivity contribution < 1.29 is 4.79 Å². The van der Waals surface area contributed by atoms with Gasteiger partial charge in [-0.05, 0) is 19.4 Å². The number of rotatable bonds is 7. The molecule has 0 aromatic carbocycles. The van der Waals surface area contributed by atoms with Crippen molar-refractivity contribution in [1.29, 1.82) is 0 Å². The first kappa shape index (κ1) is 14.3. The van der Waals surface area contributed by atoms with E-state index in [2.05, 4.69) is 15.6 Å². The van der Waals surface area contributed by atoms with Crippen molar-refractivity contribution in [2.45, 2.75) is 20.3 Å². The number of amides is 1. The van der Waals surface area contributed by atoms with Gasteiger partial charge in [0.1, 0.15) is 0 Å². The maximum Gasteiger partial charge on any atom is 0.239 e. The Hall–Kier alpha value is -1.78. The first-order valence-electron chi connectivity index (χ1n) is 6.34. The van der Waals surface area contributed by atoms with Crippen LogP contribution >= 0.6 is 0 Å². The largest absolute Gasteiger partial charge is 0.384 e. The fourth-order valence-electron chi connectivity index (χ4n) is 1.56. The Kier molecular flexibility index (Phi) is 5.97. The Bertz CT molecular complexity index is 381. The maximum absolute atomic E-state index is 11.6. The lowest BCUT2D eigenvalue weighted by molar-refractivity contribution is -0.119. The first-order valence-corrected chi connectivity index (χ1v) is 6.34. The van der Waals surface area contributed by atoms with Gasteiger partial charge in [0.25, 0.3) is 0 Å². The third-order valence-electron chi connectivity index (χ3n) is 2.50. The first-order chi connectivity index (χ1) is 8.67. The summed E-state index contributed by atoms with van der Waals surface area (Å²) < 4.78 is 0. The van der Waals surface area contributed by atoms with E-state index in [1.165, 1.54) is 0 Å². The number of nitrogens with one attached hydrogen (secondary N) is 2. The van der Waals surface area contributed by atoms with E-state index in [9.17, 15) is 4.79 Å². The molecule has 0 saturated carbocycles. The molecule has 5 nitrogen and oxygen atoms in total. The Morgan fingerprint density at radius 1 is 1.39 bits per heavy atom. The predicted molar refractivity (Wildman–Crippen MR) is 75.0 cm³/mol. The zero-order valence-corrected chi connectivity index (χ0v) is 11.4. The van der Waals surface area contributed by atoms with Gasteiger partial charge in [-0.3, -0.25) is 9.78 Å². The van der Waals surface area contributed by atoms with E-state index < -0.39 is 0 Å². The summed E-state index contributed by atoms with van der Waals surface area (Å²) in [6.45, 7) is 5.99. The van der Waals surface area contributed by atoms with Crippen LogP contribution in [-0.2, 0) is 4.79 Å². The van der Waals surface area contributed by atoms with E-state index in [1.54, 1.807) is 12.4 Å². The summed E-state index contributed by atoms with van der Waals surface area (Å²) >= 11 is 0. The molecule has 0 saturated heterocycles. The third kappa shape index (κ3) is 4.61. The van der Waals surface area contributed by atoms with Crippen LogP contribution in [-0.4, -0.2) is 37.6 Å². The fourth-order valence-corrected chi connectivity index (χ4v) is 1.56. The van der Waals surface area contributed by atoms with Crippen molar-refractivity contribution in [3.63, 3.8) is 0 Å². The van der Waals surface area contributed by atoms with E-state index in [1.807, 2.05) is 31.9 Å². The van der Waals surface area contributed by atoms with Crippen molar-refractivity contribution in [1.82, 2.24) is 10.3 Å². The summed E-state index contributed by atoms with van der Waals surface area (Å²) in [4.78, 5) is 17.7. The highest BCUT2D eigenvalue weighted by atomic mass is 16.2. The molecule has 0 radical (unpaired) electrons. The van der Waals surface area contributed by atoms with Crippen molar-refractivity contribution in [3.8, 4) is 0 Å². The Balaban J connectivity index is 2.57.